The van der Waals surface area contributed by atoms with Crippen LogP contribution in [0.25, 0.3) is 10.9 Å². The molecule has 5 heteroatoms. The van der Waals surface area contributed by atoms with Gasteiger partial charge in [0.2, 0.25) is 0 Å². The molecule has 3 aliphatic heterocycles. The van der Waals surface area contributed by atoms with Crippen molar-refractivity contribution in [2.24, 2.45) is 11.8 Å². The Bertz CT molecular complexity index is 676. The second kappa shape index (κ2) is 7.99. The molecule has 1 aromatic heterocycles. The molecule has 132 valence electrons. The van der Waals surface area contributed by atoms with Crippen LogP contribution in [0.4, 0.5) is 4.39 Å². The number of piperidine rings is 3. The van der Waals surface area contributed by atoms with Gasteiger partial charge in [-0.05, 0) is 48.9 Å². The molecule has 3 aliphatic rings. The fourth-order valence-electron chi connectivity index (χ4n) is 4.51. The van der Waals surface area contributed by atoms with E-state index < -0.39 is 6.17 Å². The van der Waals surface area contributed by atoms with E-state index in [-0.39, 0.29) is 30.9 Å². The summed E-state index contributed by atoms with van der Waals surface area (Å²) in [5, 5.41) is 0.965. The van der Waals surface area contributed by atoms with E-state index in [0.717, 1.165) is 41.9 Å². The maximum atomic E-state index is 15.4. The summed E-state index contributed by atoms with van der Waals surface area (Å²) in [4.78, 5) is 6.76. The predicted molar refractivity (Wildman–Crippen MR) is 102 cm³/mol. The molecule has 1 aromatic carbocycles. The third kappa shape index (κ3) is 3.26. The average molecular weight is 371 g/mol. The van der Waals surface area contributed by atoms with Gasteiger partial charge >= 0.3 is 0 Å². The molecule has 0 N–H and O–H groups in total. The SMILES string of the molecule is CC[C@H]1CN2CC[C@H]1C[C@H]2[C@H](F)c1ccnc2ccccc12.Cl.Cl. The number of para-hydroxylation sites is 1. The Morgan fingerprint density at radius 3 is 2.75 bits per heavy atom. The van der Waals surface area contributed by atoms with Gasteiger partial charge in [-0.1, -0.05) is 31.5 Å². The molecule has 2 bridgehead atoms. The lowest BCUT2D eigenvalue weighted by Crippen LogP contribution is -2.54. The highest BCUT2D eigenvalue weighted by atomic mass is 35.5. The quantitative estimate of drug-likeness (QED) is 0.736. The number of hydrogen-bond donors (Lipinski definition) is 0. The molecule has 2 aromatic rings. The lowest BCUT2D eigenvalue weighted by atomic mass is 9.73. The van der Waals surface area contributed by atoms with Crippen LogP contribution in [0.5, 0.6) is 0 Å². The van der Waals surface area contributed by atoms with E-state index >= 15 is 4.39 Å². The first-order chi connectivity index (χ1) is 10.8. The van der Waals surface area contributed by atoms with Crippen LogP contribution >= 0.6 is 24.8 Å². The Labute approximate surface area is 155 Å². The second-order valence-corrected chi connectivity index (χ2v) is 6.83. The minimum Gasteiger partial charge on any atom is -0.297 e. The molecule has 0 amide bonds. The van der Waals surface area contributed by atoms with Crippen LogP contribution in [-0.2, 0) is 0 Å². The lowest BCUT2D eigenvalue weighted by Gasteiger charge is -2.50. The van der Waals surface area contributed by atoms with Crippen molar-refractivity contribution in [3.8, 4) is 0 Å². The molecular formula is C19H25Cl2FN2. The summed E-state index contributed by atoms with van der Waals surface area (Å²) in [6.45, 7) is 4.41. The number of halogens is 3. The number of rotatable bonds is 3. The van der Waals surface area contributed by atoms with Crippen LogP contribution in [0.2, 0.25) is 0 Å². The maximum absolute atomic E-state index is 15.4. The summed E-state index contributed by atoms with van der Waals surface area (Å²) >= 11 is 0. The van der Waals surface area contributed by atoms with Crippen molar-refractivity contribution in [2.75, 3.05) is 13.1 Å². The van der Waals surface area contributed by atoms with Crippen LogP contribution in [0.1, 0.15) is 37.9 Å². The van der Waals surface area contributed by atoms with E-state index in [1.165, 1.54) is 12.8 Å². The molecule has 3 fully saturated rings. The zero-order chi connectivity index (χ0) is 15.1. The van der Waals surface area contributed by atoms with Crippen molar-refractivity contribution < 1.29 is 4.39 Å². The lowest BCUT2D eigenvalue weighted by molar-refractivity contribution is -0.0332. The predicted octanol–water partition coefficient (Wildman–Crippen LogP) is 5.21. The first kappa shape index (κ1) is 19.4. The first-order valence-electron chi connectivity index (χ1n) is 8.49. The number of aromatic nitrogens is 1. The molecule has 2 nitrogen and oxygen atoms in total. The van der Waals surface area contributed by atoms with Gasteiger partial charge in [0, 0.05) is 24.2 Å². The molecule has 5 atom stereocenters. The topological polar surface area (TPSA) is 16.1 Å². The average Bonchev–Trinajstić information content (AvgIpc) is 2.60. The molecule has 5 rings (SSSR count). The fourth-order valence-corrected chi connectivity index (χ4v) is 4.51. The molecule has 24 heavy (non-hydrogen) atoms. The van der Waals surface area contributed by atoms with E-state index in [0.29, 0.717) is 5.92 Å². The van der Waals surface area contributed by atoms with Crippen LogP contribution in [0.3, 0.4) is 0 Å². The molecule has 0 spiro atoms. The third-order valence-corrected chi connectivity index (χ3v) is 5.78. The van der Waals surface area contributed by atoms with Gasteiger partial charge in [-0.3, -0.25) is 9.88 Å². The zero-order valence-electron chi connectivity index (χ0n) is 13.9. The zero-order valence-corrected chi connectivity index (χ0v) is 15.5. The summed E-state index contributed by atoms with van der Waals surface area (Å²) in [7, 11) is 0. The number of nitrogens with zero attached hydrogens (tertiary/aromatic N) is 2. The van der Waals surface area contributed by atoms with Crippen molar-refractivity contribution in [3.05, 3.63) is 42.1 Å². The van der Waals surface area contributed by atoms with Crippen LogP contribution in [0.15, 0.2) is 36.5 Å². The third-order valence-electron chi connectivity index (χ3n) is 5.78. The fraction of sp³-hybridized carbons (Fsp3) is 0.526. The van der Waals surface area contributed by atoms with E-state index in [1.807, 2.05) is 30.3 Å². The van der Waals surface area contributed by atoms with E-state index in [2.05, 4.69) is 16.8 Å². The van der Waals surface area contributed by atoms with Gasteiger partial charge < -0.3 is 0 Å². The monoisotopic (exact) mass is 370 g/mol. The highest BCUT2D eigenvalue weighted by Gasteiger charge is 2.43. The summed E-state index contributed by atoms with van der Waals surface area (Å²) in [5.41, 5.74) is 1.71. The van der Waals surface area contributed by atoms with Crippen molar-refractivity contribution in [1.82, 2.24) is 9.88 Å². The largest absolute Gasteiger partial charge is 0.297 e. The normalized spacial score (nSPS) is 29.6. The molecule has 0 aliphatic carbocycles. The van der Waals surface area contributed by atoms with Gasteiger partial charge in [0.1, 0.15) is 6.17 Å². The number of pyridine rings is 1. The smallest absolute Gasteiger partial charge is 0.141 e. The summed E-state index contributed by atoms with van der Waals surface area (Å²) < 4.78 is 15.4. The second-order valence-electron chi connectivity index (χ2n) is 6.83. The molecule has 4 heterocycles. The maximum Gasteiger partial charge on any atom is 0.141 e. The Morgan fingerprint density at radius 1 is 1.25 bits per heavy atom. The van der Waals surface area contributed by atoms with Gasteiger partial charge in [0.05, 0.1) is 5.52 Å². The van der Waals surface area contributed by atoms with E-state index in [4.69, 9.17) is 0 Å². The van der Waals surface area contributed by atoms with Gasteiger partial charge in [0.25, 0.3) is 0 Å². The van der Waals surface area contributed by atoms with Gasteiger partial charge in [0.15, 0.2) is 0 Å². The van der Waals surface area contributed by atoms with Crippen molar-refractivity contribution in [3.63, 3.8) is 0 Å². The molecule has 3 saturated heterocycles. The summed E-state index contributed by atoms with van der Waals surface area (Å²) in [5.74, 6) is 1.48. The minimum absolute atomic E-state index is 0. The first-order valence-corrected chi connectivity index (χ1v) is 8.49. The number of hydrogen-bond acceptors (Lipinski definition) is 2. The van der Waals surface area contributed by atoms with Crippen molar-refractivity contribution in [1.29, 1.82) is 0 Å². The molecule has 0 saturated carbocycles. The highest BCUT2D eigenvalue weighted by molar-refractivity contribution is 5.85. The molecular weight excluding hydrogens is 346 g/mol. The summed E-state index contributed by atoms with van der Waals surface area (Å²) in [6, 6.07) is 9.81. The molecule has 0 radical (unpaired) electrons. The molecule has 1 unspecified atom stereocenters. The van der Waals surface area contributed by atoms with Crippen molar-refractivity contribution >= 4 is 35.7 Å². The Kier molecular flexibility index (Phi) is 6.46. The van der Waals surface area contributed by atoms with Crippen molar-refractivity contribution in [2.45, 2.75) is 38.4 Å². The van der Waals surface area contributed by atoms with Gasteiger partial charge in [-0.15, -0.1) is 24.8 Å². The number of benzene rings is 1. The van der Waals surface area contributed by atoms with Crippen LogP contribution in [-0.4, -0.2) is 29.0 Å². The van der Waals surface area contributed by atoms with Gasteiger partial charge in [-0.2, -0.15) is 0 Å². The number of fused-ring (bicyclic) bond motifs is 4. The summed E-state index contributed by atoms with van der Waals surface area (Å²) in [6.07, 6.45) is 4.32. The standard InChI is InChI=1S/C19H23FN2.2ClH/c1-2-13-12-22-10-8-14(13)11-18(22)19(20)16-7-9-21-17-6-4-3-5-15(16)17;;/h3-7,9,13-14,18-19H,2,8,10-12H2,1H3;2*1H/t13-,14-,18-,19+;;/m0../s1. The van der Waals surface area contributed by atoms with E-state index in [1.54, 1.807) is 6.20 Å². The van der Waals surface area contributed by atoms with Gasteiger partial charge in [-0.25, -0.2) is 4.39 Å². The van der Waals surface area contributed by atoms with E-state index in [9.17, 15) is 0 Å². The highest BCUT2D eigenvalue weighted by Crippen LogP contribution is 2.43. The van der Waals surface area contributed by atoms with Crippen LogP contribution in [0, 0.1) is 11.8 Å². The Balaban J connectivity index is 0.00000104. The van der Waals surface area contributed by atoms with Crippen LogP contribution < -0.4 is 0 Å². The minimum atomic E-state index is -0.909. The Hall–Kier alpha value is -0.900. The Morgan fingerprint density at radius 2 is 2.04 bits per heavy atom. The number of alkyl halides is 1.